The van der Waals surface area contributed by atoms with E-state index in [0.717, 1.165) is 30.1 Å². The summed E-state index contributed by atoms with van der Waals surface area (Å²) in [7, 11) is 0. The first-order chi connectivity index (χ1) is 7.78. The van der Waals surface area contributed by atoms with Crippen molar-refractivity contribution in [2.24, 2.45) is 0 Å². The molecule has 90 valence electrons. The monoisotopic (exact) mass is 240 g/mol. The van der Waals surface area contributed by atoms with Gasteiger partial charge >= 0.3 is 0 Å². The van der Waals surface area contributed by atoms with E-state index in [1.54, 1.807) is 11.3 Å². The molecule has 1 aliphatic carbocycles. The Hall–Kier alpha value is -0.610. The van der Waals surface area contributed by atoms with Crippen LogP contribution in [0.4, 0.5) is 5.13 Å². The highest BCUT2D eigenvalue weighted by Crippen LogP contribution is 2.32. The van der Waals surface area contributed by atoms with Gasteiger partial charge < -0.3 is 10.4 Å². The molecule has 0 bridgehead atoms. The number of nitrogens with one attached hydrogen (secondary N) is 1. The number of aliphatic hydroxyl groups is 1. The first-order valence-electron chi connectivity index (χ1n) is 6.11. The van der Waals surface area contributed by atoms with Crippen molar-refractivity contribution in [3.63, 3.8) is 0 Å². The Balaban J connectivity index is 2.05. The van der Waals surface area contributed by atoms with Crippen molar-refractivity contribution >= 4 is 16.5 Å². The maximum Gasteiger partial charge on any atom is 0.183 e. The average molecular weight is 240 g/mol. The molecular formula is C12H20N2OS. The van der Waals surface area contributed by atoms with Gasteiger partial charge in [-0.2, -0.15) is 0 Å². The van der Waals surface area contributed by atoms with Crippen LogP contribution in [-0.2, 0) is 6.42 Å². The molecule has 1 aromatic rings. The topological polar surface area (TPSA) is 45.1 Å². The Morgan fingerprint density at radius 1 is 1.44 bits per heavy atom. The van der Waals surface area contributed by atoms with Crippen molar-refractivity contribution in [2.75, 3.05) is 11.9 Å². The van der Waals surface area contributed by atoms with Crippen molar-refractivity contribution in [1.82, 2.24) is 4.98 Å². The van der Waals surface area contributed by atoms with Gasteiger partial charge in [0.25, 0.3) is 0 Å². The molecule has 0 amide bonds. The predicted molar refractivity (Wildman–Crippen MR) is 68.0 cm³/mol. The fourth-order valence-corrected chi connectivity index (χ4v) is 3.22. The van der Waals surface area contributed by atoms with Crippen LogP contribution in [0, 0.1) is 0 Å². The van der Waals surface area contributed by atoms with Gasteiger partial charge in [0.05, 0.1) is 17.8 Å². The molecule has 3 nitrogen and oxygen atoms in total. The molecule has 0 saturated heterocycles. The molecule has 0 spiro atoms. The zero-order valence-electron chi connectivity index (χ0n) is 9.83. The van der Waals surface area contributed by atoms with Gasteiger partial charge in [-0.3, -0.25) is 0 Å². The van der Waals surface area contributed by atoms with E-state index in [1.165, 1.54) is 19.3 Å². The predicted octanol–water partition coefficient (Wildman–Crippen LogP) is 2.81. The molecule has 1 fully saturated rings. The van der Waals surface area contributed by atoms with E-state index in [-0.39, 0.29) is 12.1 Å². The summed E-state index contributed by atoms with van der Waals surface area (Å²) < 4.78 is 0. The Morgan fingerprint density at radius 3 is 2.75 bits per heavy atom. The van der Waals surface area contributed by atoms with Crippen LogP contribution in [0.1, 0.15) is 44.7 Å². The highest BCUT2D eigenvalue weighted by Gasteiger charge is 2.31. The number of aliphatic hydroxyl groups excluding tert-OH is 1. The molecule has 2 rings (SSSR count). The molecule has 4 heteroatoms. The van der Waals surface area contributed by atoms with E-state index in [9.17, 15) is 5.11 Å². The summed E-state index contributed by atoms with van der Waals surface area (Å²) in [6, 6.07) is 0. The average Bonchev–Trinajstić information content (AvgIpc) is 2.78. The number of rotatable bonds is 4. The highest BCUT2D eigenvalue weighted by atomic mass is 32.1. The quantitative estimate of drug-likeness (QED) is 0.850. The Morgan fingerprint density at radius 2 is 2.19 bits per heavy atom. The molecule has 0 aromatic carbocycles. The van der Waals surface area contributed by atoms with Gasteiger partial charge in [-0.15, -0.1) is 11.3 Å². The lowest BCUT2D eigenvalue weighted by Crippen LogP contribution is -2.43. The summed E-state index contributed by atoms with van der Waals surface area (Å²) in [6.07, 6.45) is 6.81. The fraction of sp³-hybridized carbons (Fsp3) is 0.750. The molecule has 0 radical (unpaired) electrons. The number of hydrogen-bond donors (Lipinski definition) is 2. The zero-order valence-corrected chi connectivity index (χ0v) is 10.6. The van der Waals surface area contributed by atoms with Crippen LogP contribution in [0.15, 0.2) is 5.38 Å². The van der Waals surface area contributed by atoms with Gasteiger partial charge in [-0.25, -0.2) is 4.98 Å². The van der Waals surface area contributed by atoms with E-state index in [2.05, 4.69) is 22.6 Å². The molecule has 1 heterocycles. The number of aryl methyl sites for hydroxylation is 1. The van der Waals surface area contributed by atoms with Gasteiger partial charge in [-0.05, 0) is 19.3 Å². The van der Waals surface area contributed by atoms with Crippen molar-refractivity contribution < 1.29 is 5.11 Å². The zero-order chi connectivity index (χ0) is 11.4. The molecular weight excluding hydrogens is 220 g/mol. The normalized spacial score (nSPS) is 19.6. The van der Waals surface area contributed by atoms with Gasteiger partial charge in [0, 0.05) is 5.38 Å². The highest BCUT2D eigenvalue weighted by molar-refractivity contribution is 7.13. The van der Waals surface area contributed by atoms with Gasteiger partial charge in [-0.1, -0.05) is 26.2 Å². The molecule has 0 atom stereocenters. The first kappa shape index (κ1) is 11.9. The Kier molecular flexibility index (Phi) is 3.82. The number of nitrogens with zero attached hydrogens (tertiary/aromatic N) is 1. The van der Waals surface area contributed by atoms with Crippen LogP contribution in [0.25, 0.3) is 0 Å². The molecule has 1 aromatic heterocycles. The standard InChI is InChI=1S/C12H20N2OS/c1-2-10-8-16-11(13-10)14-12(9-15)6-4-3-5-7-12/h8,15H,2-7,9H2,1H3,(H,13,14). The number of hydrogen-bond acceptors (Lipinski definition) is 4. The molecule has 0 unspecified atom stereocenters. The van der Waals surface area contributed by atoms with Crippen molar-refractivity contribution in [3.05, 3.63) is 11.1 Å². The van der Waals surface area contributed by atoms with Crippen LogP contribution in [-0.4, -0.2) is 22.2 Å². The van der Waals surface area contributed by atoms with E-state index in [4.69, 9.17) is 0 Å². The van der Waals surface area contributed by atoms with Gasteiger partial charge in [0.1, 0.15) is 0 Å². The maximum atomic E-state index is 9.58. The minimum absolute atomic E-state index is 0.110. The van der Waals surface area contributed by atoms with E-state index >= 15 is 0 Å². The third-order valence-corrected chi connectivity index (χ3v) is 4.21. The second-order valence-corrected chi connectivity index (χ2v) is 5.48. The largest absolute Gasteiger partial charge is 0.394 e. The van der Waals surface area contributed by atoms with Crippen molar-refractivity contribution in [1.29, 1.82) is 0 Å². The van der Waals surface area contributed by atoms with Crippen LogP contribution >= 0.6 is 11.3 Å². The number of aromatic nitrogens is 1. The Bertz CT molecular complexity index is 332. The summed E-state index contributed by atoms with van der Waals surface area (Å²) in [6.45, 7) is 2.33. The third kappa shape index (κ3) is 2.55. The minimum atomic E-state index is -0.110. The third-order valence-electron chi connectivity index (χ3n) is 3.40. The first-order valence-corrected chi connectivity index (χ1v) is 6.99. The lowest BCUT2D eigenvalue weighted by molar-refractivity contribution is 0.173. The number of thiazole rings is 1. The number of anilines is 1. The van der Waals surface area contributed by atoms with Gasteiger partial charge in [0.15, 0.2) is 5.13 Å². The summed E-state index contributed by atoms with van der Waals surface area (Å²) >= 11 is 1.65. The van der Waals surface area contributed by atoms with Crippen LogP contribution in [0.5, 0.6) is 0 Å². The van der Waals surface area contributed by atoms with E-state index in [0.29, 0.717) is 0 Å². The van der Waals surface area contributed by atoms with Crippen molar-refractivity contribution in [3.8, 4) is 0 Å². The molecule has 1 aliphatic rings. The van der Waals surface area contributed by atoms with E-state index < -0.39 is 0 Å². The smallest absolute Gasteiger partial charge is 0.183 e. The van der Waals surface area contributed by atoms with Crippen LogP contribution < -0.4 is 5.32 Å². The second kappa shape index (κ2) is 5.15. The summed E-state index contributed by atoms with van der Waals surface area (Å²) in [4.78, 5) is 4.51. The van der Waals surface area contributed by atoms with E-state index in [1.807, 2.05) is 0 Å². The van der Waals surface area contributed by atoms with Gasteiger partial charge in [0.2, 0.25) is 0 Å². The van der Waals surface area contributed by atoms with Crippen LogP contribution in [0.2, 0.25) is 0 Å². The maximum absolute atomic E-state index is 9.58. The molecule has 2 N–H and O–H groups in total. The summed E-state index contributed by atoms with van der Waals surface area (Å²) in [5, 5.41) is 16.1. The summed E-state index contributed by atoms with van der Waals surface area (Å²) in [5.74, 6) is 0. The Labute approximate surface area is 101 Å². The lowest BCUT2D eigenvalue weighted by Gasteiger charge is -2.36. The molecule has 0 aliphatic heterocycles. The molecule has 1 saturated carbocycles. The molecule has 16 heavy (non-hydrogen) atoms. The van der Waals surface area contributed by atoms with Crippen molar-refractivity contribution in [2.45, 2.75) is 51.0 Å². The fourth-order valence-electron chi connectivity index (χ4n) is 2.30. The second-order valence-electron chi connectivity index (χ2n) is 4.62. The van der Waals surface area contributed by atoms with Crippen LogP contribution in [0.3, 0.4) is 0 Å². The summed E-state index contributed by atoms with van der Waals surface area (Å²) in [5.41, 5.74) is 1.03. The SMILES string of the molecule is CCc1csc(NC2(CO)CCCCC2)n1. The minimum Gasteiger partial charge on any atom is -0.394 e. The lowest BCUT2D eigenvalue weighted by atomic mass is 9.82.